The zero-order valence-corrected chi connectivity index (χ0v) is 8.11. The van der Waals surface area contributed by atoms with Crippen molar-refractivity contribution in [3.05, 3.63) is 29.8 Å². The zero-order valence-electron chi connectivity index (χ0n) is 8.11. The van der Waals surface area contributed by atoms with Gasteiger partial charge in [-0.05, 0) is 30.4 Å². The molecular formula is C12H14O2. The van der Waals surface area contributed by atoms with E-state index in [2.05, 4.69) is 18.2 Å². The van der Waals surface area contributed by atoms with Gasteiger partial charge >= 0.3 is 0 Å². The largest absolute Gasteiger partial charge is 0.490 e. The minimum atomic E-state index is 0.349. The quantitative estimate of drug-likeness (QED) is 0.680. The third kappa shape index (κ3) is 1.75. The number of hydrogen-bond donors (Lipinski definition) is 0. The molecule has 0 bridgehead atoms. The summed E-state index contributed by atoms with van der Waals surface area (Å²) in [5.41, 5.74) is 1.38. The van der Waals surface area contributed by atoms with Crippen molar-refractivity contribution in [1.82, 2.24) is 0 Å². The molecule has 2 fully saturated rings. The Morgan fingerprint density at radius 2 is 2.07 bits per heavy atom. The Morgan fingerprint density at radius 1 is 1.29 bits per heavy atom. The molecule has 0 N–H and O–H groups in total. The third-order valence-corrected chi connectivity index (χ3v) is 2.76. The molecule has 0 spiro atoms. The molecule has 1 aliphatic carbocycles. The molecule has 0 radical (unpaired) electrons. The first-order chi connectivity index (χ1) is 6.93. The number of rotatable bonds is 4. The summed E-state index contributed by atoms with van der Waals surface area (Å²) < 4.78 is 10.9. The average molecular weight is 190 g/mol. The Balaban J connectivity index is 1.73. The fraction of sp³-hybridized carbons (Fsp3) is 0.500. The van der Waals surface area contributed by atoms with Crippen LogP contribution in [0.5, 0.6) is 5.75 Å². The molecule has 1 atom stereocenters. The maximum Gasteiger partial charge on any atom is 0.122 e. The summed E-state index contributed by atoms with van der Waals surface area (Å²) in [6.45, 7) is 1.58. The second-order valence-corrected chi connectivity index (χ2v) is 4.08. The van der Waals surface area contributed by atoms with Crippen LogP contribution in [-0.4, -0.2) is 19.3 Å². The first-order valence-electron chi connectivity index (χ1n) is 5.27. The molecule has 1 heterocycles. The summed E-state index contributed by atoms with van der Waals surface area (Å²) in [7, 11) is 0. The van der Waals surface area contributed by atoms with Crippen molar-refractivity contribution in [1.29, 1.82) is 0 Å². The Bertz CT molecular complexity index is 327. The smallest absolute Gasteiger partial charge is 0.122 e. The SMILES string of the molecule is c1ccc(C2CC2)c(OCC2CO2)c1. The molecule has 2 heteroatoms. The van der Waals surface area contributed by atoms with Crippen LogP contribution >= 0.6 is 0 Å². The van der Waals surface area contributed by atoms with Gasteiger partial charge in [-0.2, -0.15) is 0 Å². The molecule has 0 aromatic heterocycles. The maximum atomic E-state index is 5.74. The van der Waals surface area contributed by atoms with E-state index >= 15 is 0 Å². The molecule has 1 saturated heterocycles. The lowest BCUT2D eigenvalue weighted by Crippen LogP contribution is -2.05. The summed E-state index contributed by atoms with van der Waals surface area (Å²) in [5.74, 6) is 1.82. The second kappa shape index (κ2) is 3.28. The lowest BCUT2D eigenvalue weighted by Gasteiger charge is -2.09. The van der Waals surface area contributed by atoms with Crippen molar-refractivity contribution >= 4 is 0 Å². The van der Waals surface area contributed by atoms with Crippen LogP contribution in [0.2, 0.25) is 0 Å². The topological polar surface area (TPSA) is 21.8 Å². The van der Waals surface area contributed by atoms with Crippen molar-refractivity contribution in [2.75, 3.05) is 13.2 Å². The summed E-state index contributed by atoms with van der Waals surface area (Å²) in [4.78, 5) is 0. The molecule has 3 rings (SSSR count). The van der Waals surface area contributed by atoms with Crippen LogP contribution in [0.4, 0.5) is 0 Å². The van der Waals surface area contributed by atoms with Gasteiger partial charge in [-0.15, -0.1) is 0 Å². The van der Waals surface area contributed by atoms with Gasteiger partial charge in [0.25, 0.3) is 0 Å². The van der Waals surface area contributed by atoms with E-state index in [1.165, 1.54) is 18.4 Å². The van der Waals surface area contributed by atoms with Crippen molar-refractivity contribution in [3.63, 3.8) is 0 Å². The van der Waals surface area contributed by atoms with Crippen LogP contribution in [0.3, 0.4) is 0 Å². The minimum absolute atomic E-state index is 0.349. The molecule has 1 aromatic carbocycles. The minimum Gasteiger partial charge on any atom is -0.490 e. The monoisotopic (exact) mass is 190 g/mol. The van der Waals surface area contributed by atoms with Crippen molar-refractivity contribution < 1.29 is 9.47 Å². The lowest BCUT2D eigenvalue weighted by molar-refractivity contribution is 0.261. The summed E-state index contributed by atoms with van der Waals surface area (Å²) in [6, 6.07) is 8.37. The number of epoxide rings is 1. The Labute approximate surface area is 83.8 Å². The Kier molecular flexibility index (Phi) is 1.95. The van der Waals surface area contributed by atoms with Crippen LogP contribution in [0.25, 0.3) is 0 Å². The van der Waals surface area contributed by atoms with Crippen LogP contribution in [0, 0.1) is 0 Å². The fourth-order valence-electron chi connectivity index (χ4n) is 1.69. The predicted molar refractivity (Wildman–Crippen MR) is 53.7 cm³/mol. The van der Waals surface area contributed by atoms with Gasteiger partial charge in [0, 0.05) is 0 Å². The van der Waals surface area contributed by atoms with Gasteiger partial charge in [0.2, 0.25) is 0 Å². The standard InChI is InChI=1S/C12H14O2/c1-2-4-12(14-8-10-7-13-10)11(3-1)9-5-6-9/h1-4,9-10H,5-8H2. The first-order valence-corrected chi connectivity index (χ1v) is 5.27. The number of hydrogen-bond acceptors (Lipinski definition) is 2. The van der Waals surface area contributed by atoms with E-state index in [0.29, 0.717) is 12.7 Å². The van der Waals surface area contributed by atoms with E-state index in [1.807, 2.05) is 6.07 Å². The third-order valence-electron chi connectivity index (χ3n) is 2.76. The molecule has 2 nitrogen and oxygen atoms in total. The van der Waals surface area contributed by atoms with Crippen LogP contribution in [-0.2, 0) is 4.74 Å². The first kappa shape index (κ1) is 8.30. The molecule has 1 aromatic rings. The lowest BCUT2D eigenvalue weighted by atomic mass is 10.1. The van der Waals surface area contributed by atoms with Crippen LogP contribution < -0.4 is 4.74 Å². The number of benzene rings is 1. The molecule has 2 aliphatic rings. The van der Waals surface area contributed by atoms with Crippen molar-refractivity contribution in [2.24, 2.45) is 0 Å². The molecule has 1 unspecified atom stereocenters. The van der Waals surface area contributed by atoms with Crippen LogP contribution in [0.15, 0.2) is 24.3 Å². The van der Waals surface area contributed by atoms with Gasteiger partial charge in [0.1, 0.15) is 18.5 Å². The highest BCUT2D eigenvalue weighted by Crippen LogP contribution is 2.44. The van der Waals surface area contributed by atoms with Gasteiger partial charge in [0.15, 0.2) is 0 Å². The Morgan fingerprint density at radius 3 is 2.79 bits per heavy atom. The molecular weight excluding hydrogens is 176 g/mol. The summed E-state index contributed by atoms with van der Waals surface area (Å²) in [5, 5.41) is 0. The maximum absolute atomic E-state index is 5.74. The van der Waals surface area contributed by atoms with E-state index in [-0.39, 0.29) is 0 Å². The van der Waals surface area contributed by atoms with Gasteiger partial charge in [0.05, 0.1) is 6.61 Å². The second-order valence-electron chi connectivity index (χ2n) is 4.08. The van der Waals surface area contributed by atoms with E-state index in [9.17, 15) is 0 Å². The summed E-state index contributed by atoms with van der Waals surface area (Å²) >= 11 is 0. The fourth-order valence-corrected chi connectivity index (χ4v) is 1.69. The Hall–Kier alpha value is -1.02. The van der Waals surface area contributed by atoms with Crippen LogP contribution in [0.1, 0.15) is 24.3 Å². The number of ether oxygens (including phenoxy) is 2. The number of para-hydroxylation sites is 1. The highest BCUT2D eigenvalue weighted by molar-refractivity contribution is 5.38. The van der Waals surface area contributed by atoms with Gasteiger partial charge in [-0.3, -0.25) is 0 Å². The van der Waals surface area contributed by atoms with Crippen molar-refractivity contribution in [3.8, 4) is 5.75 Å². The molecule has 14 heavy (non-hydrogen) atoms. The van der Waals surface area contributed by atoms with E-state index in [1.54, 1.807) is 0 Å². The van der Waals surface area contributed by atoms with Gasteiger partial charge < -0.3 is 9.47 Å². The normalized spacial score (nSPS) is 24.7. The predicted octanol–water partition coefficient (Wildman–Crippen LogP) is 2.34. The van der Waals surface area contributed by atoms with Gasteiger partial charge in [-0.1, -0.05) is 18.2 Å². The molecule has 1 saturated carbocycles. The van der Waals surface area contributed by atoms with E-state index in [0.717, 1.165) is 18.3 Å². The molecule has 1 aliphatic heterocycles. The van der Waals surface area contributed by atoms with E-state index < -0.39 is 0 Å². The van der Waals surface area contributed by atoms with Crippen molar-refractivity contribution in [2.45, 2.75) is 24.9 Å². The highest BCUT2D eigenvalue weighted by Gasteiger charge is 2.28. The van der Waals surface area contributed by atoms with E-state index in [4.69, 9.17) is 9.47 Å². The zero-order chi connectivity index (χ0) is 9.38. The molecule has 74 valence electrons. The highest BCUT2D eigenvalue weighted by atomic mass is 16.6. The van der Waals surface area contributed by atoms with Gasteiger partial charge in [-0.25, -0.2) is 0 Å². The summed E-state index contributed by atoms with van der Waals surface area (Å²) in [6.07, 6.45) is 2.99. The average Bonchev–Trinajstić information content (AvgIpc) is 3.07. The molecule has 0 amide bonds.